The van der Waals surface area contributed by atoms with Gasteiger partial charge >= 0.3 is 0 Å². The average Bonchev–Trinajstić information content (AvgIpc) is 2.39. The molecule has 4 heteroatoms. The first-order valence-electron chi connectivity index (χ1n) is 6.56. The Labute approximate surface area is 116 Å². The van der Waals surface area contributed by atoms with Crippen molar-refractivity contribution in [1.29, 1.82) is 0 Å². The number of carbonyl (C=O) groups is 1. The molecule has 1 aliphatic rings. The van der Waals surface area contributed by atoms with E-state index in [1.165, 1.54) is 23.3 Å². The van der Waals surface area contributed by atoms with E-state index in [1.54, 1.807) is 0 Å². The van der Waals surface area contributed by atoms with E-state index >= 15 is 0 Å². The van der Waals surface area contributed by atoms with Crippen molar-refractivity contribution >= 4 is 11.6 Å². The topological polar surface area (TPSA) is 55.1 Å². The number of hydrogen-bond acceptors (Lipinski definition) is 2. The predicted molar refractivity (Wildman–Crippen MR) is 76.0 cm³/mol. The van der Waals surface area contributed by atoms with Gasteiger partial charge < -0.3 is 11.1 Å². The van der Waals surface area contributed by atoms with Crippen LogP contribution in [0, 0.1) is 5.82 Å². The van der Waals surface area contributed by atoms with Crippen LogP contribution in [-0.2, 0) is 6.42 Å². The molecule has 0 saturated carbocycles. The molecule has 0 aliphatic heterocycles. The molecular weight excluding hydrogens is 255 g/mol. The van der Waals surface area contributed by atoms with Crippen molar-refractivity contribution in [2.24, 2.45) is 0 Å². The monoisotopic (exact) mass is 270 g/mol. The second-order valence-electron chi connectivity index (χ2n) is 5.04. The molecule has 1 unspecified atom stereocenters. The summed E-state index contributed by atoms with van der Waals surface area (Å²) in [5.41, 5.74) is 8.77. The molecule has 2 aromatic rings. The minimum atomic E-state index is -0.438. The van der Waals surface area contributed by atoms with Gasteiger partial charge in [-0.15, -0.1) is 0 Å². The largest absolute Gasteiger partial charge is 0.398 e. The highest BCUT2D eigenvalue weighted by molar-refractivity contribution is 5.99. The van der Waals surface area contributed by atoms with Gasteiger partial charge in [0, 0.05) is 18.2 Å². The lowest BCUT2D eigenvalue weighted by molar-refractivity contribution is 0.0951. The van der Waals surface area contributed by atoms with E-state index < -0.39 is 5.82 Å². The molecule has 0 bridgehead atoms. The zero-order valence-electron chi connectivity index (χ0n) is 10.9. The number of benzene rings is 2. The molecule has 3 rings (SSSR count). The lowest BCUT2D eigenvalue weighted by Crippen LogP contribution is -2.33. The highest BCUT2D eigenvalue weighted by Crippen LogP contribution is 2.34. The van der Waals surface area contributed by atoms with E-state index in [2.05, 4.69) is 17.4 Å². The minimum absolute atomic E-state index is 0.163. The van der Waals surface area contributed by atoms with Gasteiger partial charge in [0.15, 0.2) is 0 Å². The third kappa shape index (κ3) is 2.25. The summed E-state index contributed by atoms with van der Waals surface area (Å²) in [7, 11) is 0. The maximum atomic E-state index is 12.9. The maximum absolute atomic E-state index is 12.9. The summed E-state index contributed by atoms with van der Waals surface area (Å²) >= 11 is 0. The fraction of sp³-hybridized carbons (Fsp3) is 0.188. The van der Waals surface area contributed by atoms with Gasteiger partial charge in [0.1, 0.15) is 5.82 Å². The number of carbonyl (C=O) groups excluding carboxylic acids is 1. The third-order valence-electron chi connectivity index (χ3n) is 3.73. The second-order valence-corrected chi connectivity index (χ2v) is 5.04. The first kappa shape index (κ1) is 12.7. The van der Waals surface area contributed by atoms with E-state index in [9.17, 15) is 9.18 Å². The van der Waals surface area contributed by atoms with Crippen molar-refractivity contribution in [1.82, 2.24) is 5.32 Å². The molecule has 1 atom stereocenters. The summed E-state index contributed by atoms with van der Waals surface area (Å²) in [4.78, 5) is 12.0. The zero-order chi connectivity index (χ0) is 14.1. The molecule has 1 amide bonds. The Kier molecular flexibility index (Phi) is 3.14. The molecule has 0 aromatic heterocycles. The Balaban J connectivity index is 1.64. The molecular formula is C16H15FN2O. The smallest absolute Gasteiger partial charge is 0.253 e. The van der Waals surface area contributed by atoms with Gasteiger partial charge in [-0.2, -0.15) is 0 Å². The van der Waals surface area contributed by atoms with E-state index in [4.69, 9.17) is 5.73 Å². The number of nitrogen functional groups attached to an aromatic ring is 1. The Morgan fingerprint density at radius 2 is 2.10 bits per heavy atom. The Hall–Kier alpha value is -2.36. The number of amides is 1. The van der Waals surface area contributed by atoms with Crippen LogP contribution >= 0.6 is 0 Å². The Morgan fingerprint density at radius 1 is 1.30 bits per heavy atom. The van der Waals surface area contributed by atoms with E-state index in [0.717, 1.165) is 12.5 Å². The van der Waals surface area contributed by atoms with Crippen LogP contribution in [0.25, 0.3) is 0 Å². The average molecular weight is 270 g/mol. The van der Waals surface area contributed by atoms with Crippen molar-refractivity contribution in [2.45, 2.75) is 12.3 Å². The van der Waals surface area contributed by atoms with Crippen molar-refractivity contribution in [3.8, 4) is 0 Å². The van der Waals surface area contributed by atoms with Crippen LogP contribution in [0.1, 0.15) is 27.4 Å². The van der Waals surface area contributed by atoms with Crippen LogP contribution in [0.4, 0.5) is 10.1 Å². The number of halogens is 1. The molecule has 0 heterocycles. The lowest BCUT2D eigenvalue weighted by Gasteiger charge is -2.30. The minimum Gasteiger partial charge on any atom is -0.398 e. The number of anilines is 1. The zero-order valence-corrected chi connectivity index (χ0v) is 10.9. The van der Waals surface area contributed by atoms with E-state index in [-0.39, 0.29) is 11.6 Å². The summed E-state index contributed by atoms with van der Waals surface area (Å²) in [5.74, 6) is -0.337. The summed E-state index contributed by atoms with van der Waals surface area (Å²) in [5, 5.41) is 2.86. The molecule has 0 saturated heterocycles. The molecule has 0 radical (unpaired) electrons. The van der Waals surface area contributed by atoms with Crippen LogP contribution < -0.4 is 11.1 Å². The van der Waals surface area contributed by atoms with Crippen LogP contribution in [0.15, 0.2) is 42.5 Å². The number of fused-ring (bicyclic) bond motifs is 1. The van der Waals surface area contributed by atoms with Crippen LogP contribution in [0.3, 0.4) is 0 Å². The Bertz CT molecular complexity index is 669. The molecule has 102 valence electrons. The van der Waals surface area contributed by atoms with Crippen LogP contribution in [0.5, 0.6) is 0 Å². The summed E-state index contributed by atoms with van der Waals surface area (Å²) < 4.78 is 12.9. The summed E-state index contributed by atoms with van der Waals surface area (Å²) in [6, 6.07) is 12.0. The van der Waals surface area contributed by atoms with Crippen LogP contribution in [0.2, 0.25) is 0 Å². The standard InChI is InChI=1S/C16H15FN2O/c17-12-5-6-14(15(18)8-12)16(20)19-9-11-7-10-3-1-2-4-13(10)11/h1-6,8,11H,7,9,18H2,(H,19,20). The van der Waals surface area contributed by atoms with Crippen LogP contribution in [-0.4, -0.2) is 12.5 Å². The first-order chi connectivity index (χ1) is 9.65. The predicted octanol–water partition coefficient (Wildman–Crippen LogP) is 2.48. The molecule has 0 fully saturated rings. The van der Waals surface area contributed by atoms with E-state index in [1.807, 2.05) is 12.1 Å². The summed E-state index contributed by atoms with van der Waals surface area (Å²) in [6.07, 6.45) is 0.982. The number of nitrogens with two attached hydrogens (primary N) is 1. The van der Waals surface area contributed by atoms with Gasteiger partial charge in [0.25, 0.3) is 5.91 Å². The lowest BCUT2D eigenvalue weighted by atomic mass is 9.77. The summed E-state index contributed by atoms with van der Waals surface area (Å²) in [6.45, 7) is 0.576. The number of hydrogen-bond donors (Lipinski definition) is 2. The first-order valence-corrected chi connectivity index (χ1v) is 6.56. The fourth-order valence-electron chi connectivity index (χ4n) is 2.60. The molecule has 3 nitrogen and oxygen atoms in total. The fourth-order valence-corrected chi connectivity index (χ4v) is 2.60. The number of nitrogens with one attached hydrogen (secondary N) is 1. The second kappa shape index (κ2) is 4.96. The van der Waals surface area contributed by atoms with Crippen molar-refractivity contribution in [2.75, 3.05) is 12.3 Å². The van der Waals surface area contributed by atoms with Crippen molar-refractivity contribution < 1.29 is 9.18 Å². The van der Waals surface area contributed by atoms with E-state index in [0.29, 0.717) is 18.0 Å². The third-order valence-corrected chi connectivity index (χ3v) is 3.73. The van der Waals surface area contributed by atoms with Gasteiger partial charge in [0.2, 0.25) is 0 Å². The van der Waals surface area contributed by atoms with Gasteiger partial charge in [-0.05, 0) is 35.7 Å². The highest BCUT2D eigenvalue weighted by atomic mass is 19.1. The molecule has 1 aliphatic carbocycles. The molecule has 3 N–H and O–H groups in total. The quantitative estimate of drug-likeness (QED) is 0.842. The molecule has 20 heavy (non-hydrogen) atoms. The van der Waals surface area contributed by atoms with Gasteiger partial charge in [-0.1, -0.05) is 24.3 Å². The van der Waals surface area contributed by atoms with Gasteiger partial charge in [-0.3, -0.25) is 4.79 Å². The highest BCUT2D eigenvalue weighted by Gasteiger charge is 2.25. The Morgan fingerprint density at radius 3 is 2.85 bits per heavy atom. The normalized spacial score (nSPS) is 16.1. The van der Waals surface area contributed by atoms with Crippen molar-refractivity contribution in [3.05, 3.63) is 65.0 Å². The van der Waals surface area contributed by atoms with Gasteiger partial charge in [-0.25, -0.2) is 4.39 Å². The molecule has 2 aromatic carbocycles. The van der Waals surface area contributed by atoms with Gasteiger partial charge in [0.05, 0.1) is 5.56 Å². The maximum Gasteiger partial charge on any atom is 0.253 e. The number of rotatable bonds is 3. The SMILES string of the molecule is Nc1cc(F)ccc1C(=O)NCC1Cc2ccccc21. The molecule has 0 spiro atoms. The van der Waals surface area contributed by atoms with Crippen molar-refractivity contribution in [3.63, 3.8) is 0 Å².